The van der Waals surface area contributed by atoms with Gasteiger partial charge in [-0.2, -0.15) is 13.2 Å². The van der Waals surface area contributed by atoms with Gasteiger partial charge in [-0.1, -0.05) is 13.8 Å². The molecule has 1 atom stereocenters. The molecule has 0 aliphatic heterocycles. The van der Waals surface area contributed by atoms with Crippen LogP contribution in [-0.4, -0.2) is 29.3 Å². The van der Waals surface area contributed by atoms with Crippen molar-refractivity contribution in [3.63, 3.8) is 0 Å². The molecule has 0 spiro atoms. The highest BCUT2D eigenvalue weighted by Gasteiger charge is 2.31. The van der Waals surface area contributed by atoms with E-state index in [9.17, 15) is 13.2 Å². The highest BCUT2D eigenvalue weighted by atomic mass is 19.4. The molecule has 1 unspecified atom stereocenters. The molecule has 0 bridgehead atoms. The van der Waals surface area contributed by atoms with Crippen molar-refractivity contribution in [2.75, 3.05) is 23.8 Å². The lowest BCUT2D eigenvalue weighted by molar-refractivity contribution is -0.137. The molecule has 0 radical (unpaired) electrons. The summed E-state index contributed by atoms with van der Waals surface area (Å²) in [6.45, 7) is 4.36. The van der Waals surface area contributed by atoms with Gasteiger partial charge in [0, 0.05) is 19.2 Å². The van der Waals surface area contributed by atoms with Crippen LogP contribution in [0.2, 0.25) is 0 Å². The highest BCUT2D eigenvalue weighted by molar-refractivity contribution is 5.50. The van der Waals surface area contributed by atoms with E-state index in [2.05, 4.69) is 15.6 Å². The Morgan fingerprint density at radius 3 is 2.43 bits per heavy atom. The van der Waals surface area contributed by atoms with Crippen LogP contribution in [0.25, 0.3) is 0 Å². The normalized spacial score (nSPS) is 13.0. The molecule has 21 heavy (non-hydrogen) atoms. The molecule has 0 saturated carbocycles. The van der Waals surface area contributed by atoms with Gasteiger partial charge in [-0.05, 0) is 31.4 Å². The number of hydrogen-bond acceptors (Lipinski definition) is 4. The number of halogens is 3. The van der Waals surface area contributed by atoms with Crippen LogP contribution in [0.1, 0.15) is 38.7 Å². The maximum absolute atomic E-state index is 12.9. The molecule has 0 aliphatic carbocycles. The fraction of sp³-hybridized carbons (Fsp3) is 0.643. The molecule has 0 amide bonds. The number of aliphatic hydroxyl groups is 1. The number of nitrogens with zero attached hydrogens (tertiary/aromatic N) is 1. The van der Waals surface area contributed by atoms with Gasteiger partial charge in [-0.25, -0.2) is 4.98 Å². The van der Waals surface area contributed by atoms with Crippen molar-refractivity contribution in [1.29, 1.82) is 0 Å². The molecule has 1 heterocycles. The van der Waals surface area contributed by atoms with Gasteiger partial charge >= 0.3 is 6.18 Å². The monoisotopic (exact) mass is 305 g/mol. The van der Waals surface area contributed by atoms with Crippen LogP contribution in [0.5, 0.6) is 0 Å². The molecule has 7 heteroatoms. The molecule has 3 N–H and O–H groups in total. The number of nitrogens with one attached hydrogen (secondary N) is 2. The number of alkyl halides is 3. The third kappa shape index (κ3) is 5.79. The number of anilines is 2. The molecule has 4 nitrogen and oxygen atoms in total. The summed E-state index contributed by atoms with van der Waals surface area (Å²) in [6.07, 6.45) is -2.47. The largest absolute Gasteiger partial charge is 0.416 e. The fourth-order valence-electron chi connectivity index (χ4n) is 1.86. The Morgan fingerprint density at radius 1 is 1.24 bits per heavy atom. The minimum Gasteiger partial charge on any atom is -0.396 e. The minimum atomic E-state index is -4.42. The lowest BCUT2D eigenvalue weighted by Crippen LogP contribution is -2.21. The molecule has 0 aliphatic rings. The van der Waals surface area contributed by atoms with Crippen molar-refractivity contribution >= 4 is 11.6 Å². The molecular formula is C14H22F3N3O. The second-order valence-corrected chi connectivity index (χ2v) is 4.81. The predicted molar refractivity (Wildman–Crippen MR) is 77.4 cm³/mol. The van der Waals surface area contributed by atoms with E-state index in [4.69, 9.17) is 5.11 Å². The number of aromatic nitrogens is 1. The minimum absolute atomic E-state index is 0.0224. The molecule has 0 fully saturated rings. The van der Waals surface area contributed by atoms with E-state index in [0.717, 1.165) is 18.6 Å². The summed E-state index contributed by atoms with van der Waals surface area (Å²) in [4.78, 5) is 4.15. The lowest BCUT2D eigenvalue weighted by Gasteiger charge is -2.19. The summed E-state index contributed by atoms with van der Waals surface area (Å²) in [6, 6.07) is 1.90. The van der Waals surface area contributed by atoms with Crippen LogP contribution in [0.15, 0.2) is 12.1 Å². The van der Waals surface area contributed by atoms with Crippen molar-refractivity contribution in [2.45, 2.75) is 45.3 Å². The van der Waals surface area contributed by atoms with Crippen LogP contribution >= 0.6 is 0 Å². The number of aliphatic hydroxyl groups excluding tert-OH is 1. The summed E-state index contributed by atoms with van der Waals surface area (Å²) in [5, 5.41) is 14.8. The first-order valence-electron chi connectivity index (χ1n) is 7.11. The van der Waals surface area contributed by atoms with E-state index >= 15 is 0 Å². The van der Waals surface area contributed by atoms with E-state index in [1.54, 1.807) is 0 Å². The first kappa shape index (κ1) is 17.6. The maximum atomic E-state index is 12.9. The lowest BCUT2D eigenvalue weighted by atomic mass is 10.1. The van der Waals surface area contributed by atoms with Crippen LogP contribution in [0.4, 0.5) is 24.8 Å². The summed E-state index contributed by atoms with van der Waals surface area (Å²) >= 11 is 0. The van der Waals surface area contributed by atoms with Gasteiger partial charge in [0.05, 0.1) is 5.56 Å². The summed E-state index contributed by atoms with van der Waals surface area (Å²) in [5.74, 6) is 0.372. The van der Waals surface area contributed by atoms with Gasteiger partial charge in [0.15, 0.2) is 0 Å². The molecular weight excluding hydrogens is 283 g/mol. The molecule has 1 aromatic heterocycles. The third-order valence-electron chi connectivity index (χ3n) is 3.03. The van der Waals surface area contributed by atoms with E-state index < -0.39 is 11.7 Å². The van der Waals surface area contributed by atoms with Gasteiger partial charge in [-0.3, -0.25) is 0 Å². The van der Waals surface area contributed by atoms with Crippen molar-refractivity contribution in [3.05, 3.63) is 17.7 Å². The summed E-state index contributed by atoms with van der Waals surface area (Å²) < 4.78 is 38.7. The standard InChI is InChI=1S/C14H22F3N3O/c1-3-6-18-12-8-10(14(15,16)17)9-13(20-12)19-11(4-2)5-7-21/h8-9,11,21H,3-7H2,1-2H3,(H2,18,19,20). The van der Waals surface area contributed by atoms with Crippen LogP contribution < -0.4 is 10.6 Å². The number of hydrogen-bond donors (Lipinski definition) is 3. The van der Waals surface area contributed by atoms with Crippen molar-refractivity contribution < 1.29 is 18.3 Å². The summed E-state index contributed by atoms with van der Waals surface area (Å²) in [7, 11) is 0. The summed E-state index contributed by atoms with van der Waals surface area (Å²) in [5.41, 5.74) is -0.738. The highest BCUT2D eigenvalue weighted by Crippen LogP contribution is 2.32. The van der Waals surface area contributed by atoms with Crippen LogP contribution in [0.3, 0.4) is 0 Å². The van der Waals surface area contributed by atoms with Gasteiger partial charge in [0.2, 0.25) is 0 Å². The zero-order valence-electron chi connectivity index (χ0n) is 12.3. The van der Waals surface area contributed by atoms with Crippen molar-refractivity contribution in [1.82, 2.24) is 4.98 Å². The van der Waals surface area contributed by atoms with Gasteiger partial charge in [0.1, 0.15) is 11.6 Å². The predicted octanol–water partition coefficient (Wildman–Crippen LogP) is 3.50. The molecule has 1 aromatic rings. The first-order chi connectivity index (χ1) is 9.90. The maximum Gasteiger partial charge on any atom is 0.416 e. The second kappa shape index (κ2) is 8.07. The van der Waals surface area contributed by atoms with Gasteiger partial charge in [-0.15, -0.1) is 0 Å². The average Bonchev–Trinajstić information content (AvgIpc) is 2.43. The zero-order valence-corrected chi connectivity index (χ0v) is 12.3. The zero-order chi connectivity index (χ0) is 15.9. The quantitative estimate of drug-likeness (QED) is 0.688. The van der Waals surface area contributed by atoms with E-state index in [0.29, 0.717) is 19.4 Å². The number of pyridine rings is 1. The Bertz CT molecular complexity index is 438. The smallest absolute Gasteiger partial charge is 0.396 e. The van der Waals surface area contributed by atoms with E-state index in [-0.39, 0.29) is 24.3 Å². The Hall–Kier alpha value is -1.50. The molecule has 1 rings (SSSR count). The topological polar surface area (TPSA) is 57.2 Å². The Morgan fingerprint density at radius 2 is 1.90 bits per heavy atom. The van der Waals surface area contributed by atoms with Gasteiger partial charge in [0.25, 0.3) is 0 Å². The Balaban J connectivity index is 3.00. The van der Waals surface area contributed by atoms with Crippen molar-refractivity contribution in [2.24, 2.45) is 0 Å². The molecule has 0 aromatic carbocycles. The van der Waals surface area contributed by atoms with E-state index in [1.807, 2.05) is 13.8 Å². The Labute approximate surface area is 122 Å². The SMILES string of the molecule is CCCNc1cc(C(F)(F)F)cc(NC(CC)CCO)n1. The second-order valence-electron chi connectivity index (χ2n) is 4.81. The first-order valence-corrected chi connectivity index (χ1v) is 7.11. The van der Waals surface area contributed by atoms with Gasteiger partial charge < -0.3 is 15.7 Å². The van der Waals surface area contributed by atoms with Crippen LogP contribution in [-0.2, 0) is 6.18 Å². The molecule has 0 saturated heterocycles. The van der Waals surface area contributed by atoms with E-state index in [1.165, 1.54) is 0 Å². The third-order valence-corrected chi connectivity index (χ3v) is 3.03. The van der Waals surface area contributed by atoms with Crippen LogP contribution in [0, 0.1) is 0 Å². The fourth-order valence-corrected chi connectivity index (χ4v) is 1.86. The molecule has 120 valence electrons. The Kier molecular flexibility index (Phi) is 6.74. The average molecular weight is 305 g/mol. The van der Waals surface area contributed by atoms with Crippen molar-refractivity contribution in [3.8, 4) is 0 Å². The number of rotatable bonds is 8.